The maximum Gasteiger partial charge on any atom is 0.233 e. The molecule has 3 rings (SSSR count). The van der Waals surface area contributed by atoms with Crippen LogP contribution in [0.15, 0.2) is 29.4 Å². The number of nitrogens with one attached hydrogen (secondary N) is 1. The summed E-state index contributed by atoms with van der Waals surface area (Å²) in [4.78, 5) is 12.1. The van der Waals surface area contributed by atoms with E-state index in [0.29, 0.717) is 5.16 Å². The van der Waals surface area contributed by atoms with Crippen LogP contribution in [0.3, 0.4) is 0 Å². The lowest BCUT2D eigenvalue weighted by molar-refractivity contribution is -0.120. The largest absolute Gasteiger partial charge is 0.355 e. The summed E-state index contributed by atoms with van der Waals surface area (Å²) >= 11 is 1.45. The summed E-state index contributed by atoms with van der Waals surface area (Å²) in [6.07, 6.45) is 6.42. The lowest BCUT2D eigenvalue weighted by Gasteiger charge is -2.12. The van der Waals surface area contributed by atoms with Crippen LogP contribution in [0.1, 0.15) is 44.6 Å². The molecule has 1 fully saturated rings. The molecule has 7 heteroatoms. The number of hydrogen-bond donors (Lipinski definition) is 1. The quantitative estimate of drug-likeness (QED) is 0.871. The maximum absolute atomic E-state index is 12.1. The van der Waals surface area contributed by atoms with Gasteiger partial charge in [-0.05, 0) is 53.8 Å². The normalized spacial score (nSPS) is 18.2. The Morgan fingerprint density at radius 3 is 2.92 bits per heavy atom. The second kappa shape index (κ2) is 8.28. The third-order valence-corrected chi connectivity index (χ3v) is 5.37. The summed E-state index contributed by atoms with van der Waals surface area (Å²) in [7, 11) is 0. The number of aryl methyl sites for hydroxylation is 1. The Hall–Kier alpha value is -1.89. The first-order valence-corrected chi connectivity index (χ1v) is 9.48. The van der Waals surface area contributed by atoms with Crippen LogP contribution in [0.5, 0.6) is 0 Å². The van der Waals surface area contributed by atoms with E-state index in [9.17, 15) is 4.79 Å². The van der Waals surface area contributed by atoms with Crippen LogP contribution in [0.4, 0.5) is 0 Å². The minimum Gasteiger partial charge on any atom is -0.355 e. The van der Waals surface area contributed by atoms with Crippen molar-refractivity contribution in [2.45, 2.75) is 55.9 Å². The lowest BCUT2D eigenvalue weighted by atomic mass is 10.1. The predicted octanol–water partition coefficient (Wildman–Crippen LogP) is 2.77. The highest BCUT2D eigenvalue weighted by Crippen LogP contribution is 2.27. The molecular formula is C17H23N5OS. The lowest BCUT2D eigenvalue weighted by Crippen LogP contribution is -2.30. The molecule has 1 aliphatic heterocycles. The number of amides is 1. The smallest absolute Gasteiger partial charge is 0.233 e. The van der Waals surface area contributed by atoms with Gasteiger partial charge in [0.05, 0.1) is 10.9 Å². The minimum absolute atomic E-state index is 0.0852. The van der Waals surface area contributed by atoms with Crippen molar-refractivity contribution in [3.63, 3.8) is 0 Å². The van der Waals surface area contributed by atoms with Crippen molar-refractivity contribution in [3.8, 4) is 5.69 Å². The molecule has 1 saturated heterocycles. The zero-order chi connectivity index (χ0) is 16.8. The summed E-state index contributed by atoms with van der Waals surface area (Å²) in [5.41, 5.74) is 2.25. The molecule has 0 saturated carbocycles. The number of benzene rings is 1. The standard InChI is InChI=1S/C17H23N5OS/c1-2-3-6-13-8-10-14(11-9-13)22-17(19-20-21-22)24-15-7-4-5-12-18-16(15)23/h8-11,15H,2-7,12H2,1H3,(H,18,23). The van der Waals surface area contributed by atoms with Gasteiger partial charge in [0.2, 0.25) is 11.1 Å². The summed E-state index contributed by atoms with van der Waals surface area (Å²) in [6.45, 7) is 2.96. The Morgan fingerprint density at radius 2 is 2.12 bits per heavy atom. The third kappa shape index (κ3) is 4.14. The van der Waals surface area contributed by atoms with Crippen molar-refractivity contribution >= 4 is 17.7 Å². The Labute approximate surface area is 146 Å². The molecule has 1 aliphatic rings. The van der Waals surface area contributed by atoms with E-state index >= 15 is 0 Å². The zero-order valence-electron chi connectivity index (χ0n) is 13.9. The first-order chi connectivity index (χ1) is 11.8. The molecule has 2 heterocycles. The third-order valence-electron chi connectivity index (χ3n) is 4.17. The fourth-order valence-corrected chi connectivity index (χ4v) is 3.80. The number of unbranched alkanes of at least 4 members (excludes halogenated alkanes) is 1. The van der Waals surface area contributed by atoms with Crippen molar-refractivity contribution in [1.82, 2.24) is 25.5 Å². The van der Waals surface area contributed by atoms with Crippen molar-refractivity contribution in [2.75, 3.05) is 6.54 Å². The molecule has 128 valence electrons. The van der Waals surface area contributed by atoms with Crippen LogP contribution in [0.2, 0.25) is 0 Å². The fraction of sp³-hybridized carbons (Fsp3) is 0.529. The topological polar surface area (TPSA) is 72.7 Å². The SMILES string of the molecule is CCCCc1ccc(-n2nnnc2SC2CCCCNC2=O)cc1. The van der Waals surface area contributed by atoms with Gasteiger partial charge >= 0.3 is 0 Å². The number of carbonyl (C=O) groups excluding carboxylic acids is 1. The Balaban J connectivity index is 1.73. The molecule has 24 heavy (non-hydrogen) atoms. The number of thioether (sulfide) groups is 1. The molecule has 1 amide bonds. The van der Waals surface area contributed by atoms with Gasteiger partial charge in [0.1, 0.15) is 0 Å². The highest BCUT2D eigenvalue weighted by molar-refractivity contribution is 8.00. The van der Waals surface area contributed by atoms with Gasteiger partial charge < -0.3 is 5.32 Å². The van der Waals surface area contributed by atoms with E-state index < -0.39 is 0 Å². The second-order valence-electron chi connectivity index (χ2n) is 6.04. The Bertz CT molecular complexity index is 670. The first-order valence-electron chi connectivity index (χ1n) is 8.60. The van der Waals surface area contributed by atoms with Gasteiger partial charge in [0.15, 0.2) is 0 Å². The van der Waals surface area contributed by atoms with Crippen LogP contribution >= 0.6 is 11.8 Å². The van der Waals surface area contributed by atoms with Gasteiger partial charge in [-0.25, -0.2) is 0 Å². The van der Waals surface area contributed by atoms with Gasteiger partial charge in [-0.15, -0.1) is 5.10 Å². The number of nitrogens with zero attached hydrogens (tertiary/aromatic N) is 4. The average Bonchev–Trinajstić information content (AvgIpc) is 2.97. The monoisotopic (exact) mass is 345 g/mol. The highest BCUT2D eigenvalue weighted by atomic mass is 32.2. The molecule has 0 radical (unpaired) electrons. The Kier molecular flexibility index (Phi) is 5.85. The van der Waals surface area contributed by atoms with E-state index in [1.165, 1.54) is 30.2 Å². The summed E-state index contributed by atoms with van der Waals surface area (Å²) in [5, 5.41) is 15.5. The molecule has 1 N–H and O–H groups in total. The van der Waals surface area contributed by atoms with Gasteiger partial charge in [-0.2, -0.15) is 4.68 Å². The van der Waals surface area contributed by atoms with Crippen LogP contribution in [-0.2, 0) is 11.2 Å². The van der Waals surface area contributed by atoms with Gasteiger partial charge in [-0.1, -0.05) is 43.7 Å². The molecule has 6 nitrogen and oxygen atoms in total. The van der Waals surface area contributed by atoms with E-state index in [1.807, 2.05) is 12.1 Å². The van der Waals surface area contributed by atoms with Crippen LogP contribution in [0.25, 0.3) is 5.69 Å². The number of aromatic nitrogens is 4. The van der Waals surface area contributed by atoms with E-state index in [-0.39, 0.29) is 11.2 Å². The number of hydrogen-bond acceptors (Lipinski definition) is 5. The minimum atomic E-state index is -0.124. The van der Waals surface area contributed by atoms with Crippen molar-refractivity contribution in [3.05, 3.63) is 29.8 Å². The molecule has 1 unspecified atom stereocenters. The summed E-state index contributed by atoms with van der Waals surface area (Å²) < 4.78 is 1.71. The first kappa shape index (κ1) is 17.0. The number of carbonyl (C=O) groups is 1. The van der Waals surface area contributed by atoms with Crippen molar-refractivity contribution in [1.29, 1.82) is 0 Å². The number of rotatable bonds is 6. The van der Waals surface area contributed by atoms with E-state index in [1.54, 1.807) is 4.68 Å². The van der Waals surface area contributed by atoms with E-state index in [0.717, 1.165) is 37.9 Å². The molecular weight excluding hydrogens is 322 g/mol. The van der Waals surface area contributed by atoms with Crippen LogP contribution in [0, 0.1) is 0 Å². The highest BCUT2D eigenvalue weighted by Gasteiger charge is 2.24. The van der Waals surface area contributed by atoms with Gasteiger partial charge in [-0.3, -0.25) is 4.79 Å². The number of tetrazole rings is 1. The van der Waals surface area contributed by atoms with Gasteiger partial charge in [0.25, 0.3) is 0 Å². The Morgan fingerprint density at radius 1 is 1.29 bits per heavy atom. The van der Waals surface area contributed by atoms with Crippen molar-refractivity contribution in [2.24, 2.45) is 0 Å². The molecule has 0 aliphatic carbocycles. The average molecular weight is 345 g/mol. The van der Waals surface area contributed by atoms with Crippen molar-refractivity contribution < 1.29 is 4.79 Å². The van der Waals surface area contributed by atoms with Crippen LogP contribution < -0.4 is 5.32 Å². The summed E-state index contributed by atoms with van der Waals surface area (Å²) in [6, 6.07) is 8.33. The molecule has 0 spiro atoms. The molecule has 1 aromatic heterocycles. The molecule has 1 aromatic carbocycles. The molecule has 0 bridgehead atoms. The second-order valence-corrected chi connectivity index (χ2v) is 7.21. The molecule has 1 atom stereocenters. The predicted molar refractivity (Wildman–Crippen MR) is 94.3 cm³/mol. The van der Waals surface area contributed by atoms with E-state index in [2.05, 4.69) is 39.9 Å². The van der Waals surface area contributed by atoms with Crippen LogP contribution in [-0.4, -0.2) is 37.9 Å². The summed E-state index contributed by atoms with van der Waals surface area (Å²) in [5.74, 6) is 0.0852. The fourth-order valence-electron chi connectivity index (χ4n) is 2.75. The zero-order valence-corrected chi connectivity index (χ0v) is 14.8. The maximum atomic E-state index is 12.1. The molecule has 2 aromatic rings. The van der Waals surface area contributed by atoms with E-state index in [4.69, 9.17) is 0 Å². The van der Waals surface area contributed by atoms with Gasteiger partial charge in [0, 0.05) is 6.54 Å².